The van der Waals surface area contributed by atoms with E-state index in [2.05, 4.69) is 10.3 Å². The van der Waals surface area contributed by atoms with Crippen LogP contribution >= 0.6 is 0 Å². The second-order valence-electron chi connectivity index (χ2n) is 3.41. The topological polar surface area (TPSA) is 62.2 Å². The van der Waals surface area contributed by atoms with Gasteiger partial charge in [-0.25, -0.2) is 9.78 Å². The number of carboxylic acid groups (broad SMARTS) is 1. The number of rotatable bonds is 3. The molecule has 0 saturated heterocycles. The highest BCUT2D eigenvalue weighted by Gasteiger charge is 2.10. The van der Waals surface area contributed by atoms with Crippen molar-refractivity contribution in [1.82, 2.24) is 4.98 Å². The van der Waals surface area contributed by atoms with Crippen molar-refractivity contribution in [2.45, 2.75) is 6.92 Å². The third-order valence-corrected chi connectivity index (χ3v) is 2.30. The predicted molar refractivity (Wildman–Crippen MR) is 62.9 cm³/mol. The number of carbonyl (C=O) groups is 1. The smallest absolute Gasteiger partial charge is 0.336 e. The minimum Gasteiger partial charge on any atom is -0.478 e. The molecule has 2 rings (SSSR count). The normalized spacial score (nSPS) is 10.3. The molecule has 2 N–H and O–H groups in total. The van der Waals surface area contributed by atoms with Gasteiger partial charge >= 0.3 is 5.97 Å². The number of carboxylic acids is 1. The van der Waals surface area contributed by atoms with Crippen LogP contribution in [0.1, 0.15) is 17.3 Å². The van der Waals surface area contributed by atoms with Crippen LogP contribution in [0.5, 0.6) is 0 Å². The first-order valence-electron chi connectivity index (χ1n) is 5.09. The molecule has 1 heterocycles. The molecule has 4 heteroatoms. The highest BCUT2D eigenvalue weighted by Crippen LogP contribution is 2.20. The number of aromatic nitrogens is 1. The first-order valence-corrected chi connectivity index (χ1v) is 5.09. The molecule has 1 aromatic heterocycles. The molecule has 0 bridgehead atoms. The Balaban J connectivity index is 2.68. The highest BCUT2D eigenvalue weighted by atomic mass is 16.4. The number of nitrogens with one attached hydrogen (secondary N) is 1. The van der Waals surface area contributed by atoms with Gasteiger partial charge in [-0.2, -0.15) is 0 Å². The summed E-state index contributed by atoms with van der Waals surface area (Å²) in [7, 11) is 0. The highest BCUT2D eigenvalue weighted by molar-refractivity contribution is 6.03. The minimum absolute atomic E-state index is 0.279. The van der Waals surface area contributed by atoms with Crippen LogP contribution in [0, 0.1) is 0 Å². The van der Waals surface area contributed by atoms with Crippen molar-refractivity contribution in [3.63, 3.8) is 0 Å². The molecule has 0 atom stereocenters. The molecule has 0 aliphatic carbocycles. The molecule has 4 nitrogen and oxygen atoms in total. The van der Waals surface area contributed by atoms with Crippen molar-refractivity contribution in [3.8, 4) is 0 Å². The third-order valence-electron chi connectivity index (χ3n) is 2.30. The van der Waals surface area contributed by atoms with E-state index in [0.29, 0.717) is 23.3 Å². The molecule has 0 amide bonds. The van der Waals surface area contributed by atoms with E-state index in [1.54, 1.807) is 12.1 Å². The predicted octanol–water partition coefficient (Wildman–Crippen LogP) is 2.36. The molecule has 0 unspecified atom stereocenters. The Bertz CT molecular complexity index is 538. The second-order valence-corrected chi connectivity index (χ2v) is 3.41. The molecular weight excluding hydrogens is 204 g/mol. The van der Waals surface area contributed by atoms with E-state index in [1.807, 2.05) is 25.1 Å². The lowest BCUT2D eigenvalue weighted by Crippen LogP contribution is -2.04. The van der Waals surface area contributed by atoms with Gasteiger partial charge in [-0.3, -0.25) is 0 Å². The van der Waals surface area contributed by atoms with Gasteiger partial charge in [0.25, 0.3) is 0 Å². The van der Waals surface area contributed by atoms with E-state index in [1.165, 1.54) is 0 Å². The van der Waals surface area contributed by atoms with Gasteiger partial charge in [0.15, 0.2) is 0 Å². The molecule has 1 aromatic carbocycles. The number of benzene rings is 1. The standard InChI is InChI=1S/C12H12N2O2/c1-2-13-11-7-9(12(15)16)8-5-3-4-6-10(8)14-11/h3-7H,2H2,1H3,(H,13,14)(H,15,16). The lowest BCUT2D eigenvalue weighted by molar-refractivity contribution is 0.0699. The number of para-hydroxylation sites is 1. The van der Waals surface area contributed by atoms with Crippen LogP contribution in [0.25, 0.3) is 10.9 Å². The van der Waals surface area contributed by atoms with Gasteiger partial charge in [-0.05, 0) is 19.1 Å². The van der Waals surface area contributed by atoms with Gasteiger partial charge in [0, 0.05) is 11.9 Å². The summed E-state index contributed by atoms with van der Waals surface area (Å²) in [4.78, 5) is 15.4. The van der Waals surface area contributed by atoms with Gasteiger partial charge < -0.3 is 10.4 Å². The average molecular weight is 216 g/mol. The van der Waals surface area contributed by atoms with Crippen molar-refractivity contribution in [2.24, 2.45) is 0 Å². The molecule has 82 valence electrons. The Morgan fingerprint density at radius 3 is 2.88 bits per heavy atom. The van der Waals surface area contributed by atoms with Crippen LogP contribution in [0.2, 0.25) is 0 Å². The molecule has 16 heavy (non-hydrogen) atoms. The summed E-state index contributed by atoms with van der Waals surface area (Å²) in [6, 6.07) is 8.79. The molecule has 0 radical (unpaired) electrons. The van der Waals surface area contributed by atoms with E-state index >= 15 is 0 Å². The zero-order valence-electron chi connectivity index (χ0n) is 8.90. The van der Waals surface area contributed by atoms with Crippen molar-refractivity contribution in [1.29, 1.82) is 0 Å². The van der Waals surface area contributed by atoms with E-state index < -0.39 is 5.97 Å². The maximum Gasteiger partial charge on any atom is 0.336 e. The Hall–Kier alpha value is -2.10. The lowest BCUT2D eigenvalue weighted by atomic mass is 10.1. The van der Waals surface area contributed by atoms with E-state index in [0.717, 1.165) is 0 Å². The molecule has 2 aromatic rings. The fourth-order valence-electron chi connectivity index (χ4n) is 1.62. The number of anilines is 1. The number of aromatic carboxylic acids is 1. The second kappa shape index (κ2) is 4.18. The van der Waals surface area contributed by atoms with E-state index in [9.17, 15) is 4.79 Å². The molecule has 0 saturated carbocycles. The van der Waals surface area contributed by atoms with E-state index in [-0.39, 0.29) is 5.56 Å². The number of nitrogens with zero attached hydrogens (tertiary/aromatic N) is 1. The summed E-state index contributed by atoms with van der Waals surface area (Å²) in [6.45, 7) is 2.65. The van der Waals surface area contributed by atoms with Crippen molar-refractivity contribution < 1.29 is 9.90 Å². The number of pyridine rings is 1. The van der Waals surface area contributed by atoms with Gasteiger partial charge in [0.1, 0.15) is 5.82 Å². The Labute approximate surface area is 92.9 Å². The summed E-state index contributed by atoms with van der Waals surface area (Å²) in [5, 5.41) is 12.8. The molecule has 0 aliphatic rings. The first-order chi connectivity index (χ1) is 7.72. The molecule has 0 aliphatic heterocycles. The average Bonchev–Trinajstić information content (AvgIpc) is 2.28. The van der Waals surface area contributed by atoms with Crippen LogP contribution in [-0.2, 0) is 0 Å². The summed E-state index contributed by atoms with van der Waals surface area (Å²) in [5.41, 5.74) is 0.972. The van der Waals surface area contributed by atoms with Gasteiger partial charge in [0.05, 0.1) is 11.1 Å². The summed E-state index contributed by atoms with van der Waals surface area (Å²) >= 11 is 0. The Morgan fingerprint density at radius 1 is 1.44 bits per heavy atom. The summed E-state index contributed by atoms with van der Waals surface area (Å²) in [5.74, 6) is -0.337. The van der Waals surface area contributed by atoms with Crippen LogP contribution < -0.4 is 5.32 Å². The number of fused-ring (bicyclic) bond motifs is 1. The zero-order valence-corrected chi connectivity index (χ0v) is 8.90. The van der Waals surface area contributed by atoms with Gasteiger partial charge in [0.2, 0.25) is 0 Å². The van der Waals surface area contributed by atoms with Crippen molar-refractivity contribution in [2.75, 3.05) is 11.9 Å². The van der Waals surface area contributed by atoms with Crippen molar-refractivity contribution in [3.05, 3.63) is 35.9 Å². The fourth-order valence-corrected chi connectivity index (χ4v) is 1.62. The quantitative estimate of drug-likeness (QED) is 0.826. The number of hydrogen-bond donors (Lipinski definition) is 2. The van der Waals surface area contributed by atoms with Crippen molar-refractivity contribution >= 4 is 22.7 Å². The van der Waals surface area contributed by atoms with Crippen LogP contribution in [-0.4, -0.2) is 22.6 Å². The Kier molecular flexibility index (Phi) is 2.72. The summed E-state index contributed by atoms with van der Waals surface area (Å²) in [6.07, 6.45) is 0. The zero-order chi connectivity index (χ0) is 11.5. The van der Waals surface area contributed by atoms with Crippen LogP contribution in [0.4, 0.5) is 5.82 Å². The van der Waals surface area contributed by atoms with Crippen LogP contribution in [0.3, 0.4) is 0 Å². The Morgan fingerprint density at radius 2 is 2.19 bits per heavy atom. The van der Waals surface area contributed by atoms with Gasteiger partial charge in [-0.1, -0.05) is 18.2 Å². The van der Waals surface area contributed by atoms with E-state index in [4.69, 9.17) is 5.11 Å². The summed E-state index contributed by atoms with van der Waals surface area (Å²) < 4.78 is 0. The largest absolute Gasteiger partial charge is 0.478 e. The maximum absolute atomic E-state index is 11.1. The van der Waals surface area contributed by atoms with Crippen LogP contribution in [0.15, 0.2) is 30.3 Å². The molecular formula is C12H12N2O2. The lowest BCUT2D eigenvalue weighted by Gasteiger charge is -2.07. The fraction of sp³-hybridized carbons (Fsp3) is 0.167. The minimum atomic E-state index is -0.933. The SMILES string of the molecule is CCNc1cc(C(=O)O)c2ccccc2n1. The van der Waals surface area contributed by atoms with Gasteiger partial charge in [-0.15, -0.1) is 0 Å². The molecule has 0 spiro atoms. The number of hydrogen-bond acceptors (Lipinski definition) is 3. The maximum atomic E-state index is 11.1. The third kappa shape index (κ3) is 1.82. The monoisotopic (exact) mass is 216 g/mol. The molecule has 0 fully saturated rings. The first kappa shape index (κ1) is 10.4.